The van der Waals surface area contributed by atoms with E-state index in [0.29, 0.717) is 0 Å². The molecule has 0 fully saturated rings. The standard InChI is InChI=1S/C61H47N/c1-59(2)51-31-14-11-26-46(51)48-37-36-44(39-55(48)59)62(43-25-17-20-40(38-43)45-29-18-30-49-47-27-12-15-32-52(47)60(3,4)58(45)49)56-35-19-34-54-57(56)50-28-13-16-33-53(50)61(54,41-21-7-5-8-22-41)42-23-9-6-10-24-42/h5-39H,1-4H3. The largest absolute Gasteiger partial charge is 0.310 e. The van der Waals surface area contributed by atoms with Crippen LogP contribution in [-0.2, 0) is 16.2 Å². The molecule has 0 atom stereocenters. The fourth-order valence-corrected chi connectivity index (χ4v) is 11.8. The monoisotopic (exact) mass is 793 g/mol. The highest BCUT2D eigenvalue weighted by atomic mass is 15.1. The summed E-state index contributed by atoms with van der Waals surface area (Å²) < 4.78 is 0. The van der Waals surface area contributed by atoms with E-state index in [9.17, 15) is 0 Å². The lowest BCUT2D eigenvalue weighted by atomic mass is 9.68. The van der Waals surface area contributed by atoms with E-state index in [1.165, 1.54) is 94.7 Å². The molecular weight excluding hydrogens is 747 g/mol. The van der Waals surface area contributed by atoms with Crippen LogP contribution in [0.1, 0.15) is 72.2 Å². The van der Waals surface area contributed by atoms with Gasteiger partial charge in [0.1, 0.15) is 0 Å². The smallest absolute Gasteiger partial charge is 0.0714 e. The molecule has 0 N–H and O–H groups in total. The van der Waals surface area contributed by atoms with Crippen LogP contribution in [-0.4, -0.2) is 0 Å². The van der Waals surface area contributed by atoms with Crippen molar-refractivity contribution in [3.8, 4) is 44.5 Å². The first-order chi connectivity index (χ1) is 30.3. The van der Waals surface area contributed by atoms with E-state index in [1.54, 1.807) is 0 Å². The van der Waals surface area contributed by atoms with Gasteiger partial charge in [0.05, 0.1) is 11.1 Å². The molecule has 0 unspecified atom stereocenters. The van der Waals surface area contributed by atoms with Crippen molar-refractivity contribution >= 4 is 17.1 Å². The molecule has 12 rings (SSSR count). The number of rotatable bonds is 6. The van der Waals surface area contributed by atoms with Gasteiger partial charge in [-0.3, -0.25) is 0 Å². The van der Waals surface area contributed by atoms with Crippen LogP contribution in [0, 0.1) is 0 Å². The Balaban J connectivity index is 1.13. The first kappa shape index (κ1) is 36.6. The number of fused-ring (bicyclic) bond motifs is 9. The molecule has 0 amide bonds. The van der Waals surface area contributed by atoms with Crippen molar-refractivity contribution in [2.45, 2.75) is 43.9 Å². The number of hydrogen-bond acceptors (Lipinski definition) is 1. The molecule has 0 spiro atoms. The summed E-state index contributed by atoms with van der Waals surface area (Å²) in [7, 11) is 0. The molecule has 3 aliphatic carbocycles. The van der Waals surface area contributed by atoms with Gasteiger partial charge in [0.15, 0.2) is 0 Å². The van der Waals surface area contributed by atoms with Crippen LogP contribution in [0.2, 0.25) is 0 Å². The van der Waals surface area contributed by atoms with E-state index < -0.39 is 5.41 Å². The predicted molar refractivity (Wildman–Crippen MR) is 259 cm³/mol. The van der Waals surface area contributed by atoms with Gasteiger partial charge in [-0.25, -0.2) is 0 Å². The minimum Gasteiger partial charge on any atom is -0.310 e. The van der Waals surface area contributed by atoms with E-state index in [4.69, 9.17) is 0 Å². The predicted octanol–water partition coefficient (Wildman–Crippen LogP) is 15.8. The Bertz CT molecular complexity index is 3200. The van der Waals surface area contributed by atoms with Crippen LogP contribution in [0.3, 0.4) is 0 Å². The topological polar surface area (TPSA) is 3.24 Å². The summed E-state index contributed by atoms with van der Waals surface area (Å²) in [5.74, 6) is 0. The summed E-state index contributed by atoms with van der Waals surface area (Å²) in [6.45, 7) is 9.54. The summed E-state index contributed by atoms with van der Waals surface area (Å²) in [5.41, 5.74) is 23.7. The molecule has 1 nitrogen and oxygen atoms in total. The van der Waals surface area contributed by atoms with Crippen LogP contribution in [0.15, 0.2) is 212 Å². The van der Waals surface area contributed by atoms with Gasteiger partial charge in [0.2, 0.25) is 0 Å². The van der Waals surface area contributed by atoms with Crippen molar-refractivity contribution < 1.29 is 0 Å². The van der Waals surface area contributed by atoms with Crippen LogP contribution in [0.25, 0.3) is 44.5 Å². The van der Waals surface area contributed by atoms with Gasteiger partial charge in [-0.05, 0) is 114 Å². The lowest BCUT2D eigenvalue weighted by Gasteiger charge is -2.34. The van der Waals surface area contributed by atoms with Gasteiger partial charge in [-0.1, -0.05) is 210 Å². The van der Waals surface area contributed by atoms with Crippen molar-refractivity contribution in [2.75, 3.05) is 4.90 Å². The zero-order valence-corrected chi connectivity index (χ0v) is 35.7. The summed E-state index contributed by atoms with van der Waals surface area (Å²) in [4.78, 5) is 2.55. The number of anilines is 3. The van der Waals surface area contributed by atoms with Gasteiger partial charge in [0.25, 0.3) is 0 Å². The average molecular weight is 794 g/mol. The summed E-state index contributed by atoms with van der Waals surface area (Å²) in [5, 5.41) is 0. The van der Waals surface area contributed by atoms with Crippen molar-refractivity contribution in [1.82, 2.24) is 0 Å². The van der Waals surface area contributed by atoms with E-state index in [2.05, 4.69) is 245 Å². The minimum atomic E-state index is -0.509. The highest BCUT2D eigenvalue weighted by Crippen LogP contribution is 2.60. The second-order valence-electron chi connectivity index (χ2n) is 18.4. The fourth-order valence-electron chi connectivity index (χ4n) is 11.8. The van der Waals surface area contributed by atoms with Gasteiger partial charge < -0.3 is 4.90 Å². The Hall–Kier alpha value is -7.22. The summed E-state index contributed by atoms with van der Waals surface area (Å²) in [6.07, 6.45) is 0. The molecule has 0 saturated heterocycles. The zero-order chi connectivity index (χ0) is 41.8. The normalized spacial score (nSPS) is 15.2. The molecule has 62 heavy (non-hydrogen) atoms. The molecule has 296 valence electrons. The molecule has 0 heterocycles. The molecule has 9 aromatic carbocycles. The molecule has 0 aliphatic heterocycles. The second-order valence-corrected chi connectivity index (χ2v) is 18.4. The highest BCUT2D eigenvalue weighted by Gasteiger charge is 2.47. The Labute approximate surface area is 365 Å². The molecule has 1 heteroatoms. The third-order valence-electron chi connectivity index (χ3n) is 14.5. The van der Waals surface area contributed by atoms with Crippen molar-refractivity contribution in [2.24, 2.45) is 0 Å². The lowest BCUT2D eigenvalue weighted by molar-refractivity contribution is 0.660. The molecule has 3 aliphatic rings. The third-order valence-corrected chi connectivity index (χ3v) is 14.5. The maximum atomic E-state index is 2.55. The maximum absolute atomic E-state index is 2.55. The molecule has 9 aromatic rings. The van der Waals surface area contributed by atoms with Gasteiger partial charge >= 0.3 is 0 Å². The Kier molecular flexibility index (Phi) is 7.91. The van der Waals surface area contributed by atoms with Crippen molar-refractivity contribution in [1.29, 1.82) is 0 Å². The van der Waals surface area contributed by atoms with E-state index in [-0.39, 0.29) is 10.8 Å². The maximum Gasteiger partial charge on any atom is 0.0714 e. The van der Waals surface area contributed by atoms with Crippen LogP contribution < -0.4 is 4.90 Å². The number of benzene rings is 9. The zero-order valence-electron chi connectivity index (χ0n) is 35.7. The van der Waals surface area contributed by atoms with Crippen molar-refractivity contribution in [3.05, 3.63) is 257 Å². The molecule has 0 bridgehead atoms. The quantitative estimate of drug-likeness (QED) is 0.162. The van der Waals surface area contributed by atoms with E-state index >= 15 is 0 Å². The molecular formula is C61H47N. The molecule has 0 radical (unpaired) electrons. The number of nitrogens with zero attached hydrogens (tertiary/aromatic N) is 1. The average Bonchev–Trinajstić information content (AvgIpc) is 3.85. The SMILES string of the molecule is CC1(C)c2ccccc2-c2ccc(N(c3cccc(-c4cccc5c4C(C)(C)c4ccccc4-5)c3)c3cccc4c3-c3ccccc3C4(c3ccccc3)c3ccccc3)cc21. The second kappa shape index (κ2) is 13.4. The minimum absolute atomic E-state index is 0.138. The Morgan fingerprint density at radius 3 is 1.53 bits per heavy atom. The molecule has 0 saturated carbocycles. The van der Waals surface area contributed by atoms with E-state index in [1.807, 2.05) is 0 Å². The Morgan fingerprint density at radius 1 is 0.323 bits per heavy atom. The number of hydrogen-bond donors (Lipinski definition) is 0. The van der Waals surface area contributed by atoms with Crippen LogP contribution in [0.4, 0.5) is 17.1 Å². The van der Waals surface area contributed by atoms with Gasteiger partial charge in [-0.2, -0.15) is 0 Å². The van der Waals surface area contributed by atoms with Crippen molar-refractivity contribution in [3.63, 3.8) is 0 Å². The summed E-state index contributed by atoms with van der Waals surface area (Å²) >= 11 is 0. The Morgan fingerprint density at radius 2 is 0.823 bits per heavy atom. The highest BCUT2D eigenvalue weighted by molar-refractivity contribution is 5.99. The van der Waals surface area contributed by atoms with Gasteiger partial charge in [-0.15, -0.1) is 0 Å². The first-order valence-electron chi connectivity index (χ1n) is 22.0. The first-order valence-corrected chi connectivity index (χ1v) is 22.0. The fraction of sp³-hybridized carbons (Fsp3) is 0.115. The van der Waals surface area contributed by atoms with Crippen LogP contribution >= 0.6 is 0 Å². The van der Waals surface area contributed by atoms with Crippen LogP contribution in [0.5, 0.6) is 0 Å². The third kappa shape index (κ3) is 4.97. The molecule has 0 aromatic heterocycles. The lowest BCUT2D eigenvalue weighted by Crippen LogP contribution is -2.28. The summed E-state index contributed by atoms with van der Waals surface area (Å²) in [6, 6.07) is 79.7. The van der Waals surface area contributed by atoms with Gasteiger partial charge in [0, 0.05) is 27.8 Å². The van der Waals surface area contributed by atoms with E-state index in [0.717, 1.165) is 11.4 Å².